The number of carbonyl (C=O) groups is 2. The van der Waals surface area contributed by atoms with Crippen molar-refractivity contribution < 1.29 is 14.3 Å². The van der Waals surface area contributed by atoms with E-state index in [9.17, 15) is 9.59 Å². The summed E-state index contributed by atoms with van der Waals surface area (Å²) in [5.74, 6) is -0.493. The molecule has 1 aromatic heterocycles. The molecular weight excluding hydrogens is 416 g/mol. The molecule has 0 radical (unpaired) electrons. The molecule has 160 valence electrons. The van der Waals surface area contributed by atoms with Crippen molar-refractivity contribution in [3.05, 3.63) is 76.1 Å². The van der Waals surface area contributed by atoms with Crippen LogP contribution < -0.4 is 5.32 Å². The van der Waals surface area contributed by atoms with Crippen LogP contribution in [0.2, 0.25) is 5.02 Å². The fraction of sp³-hybridized carbons (Fsp3) is 0.261. The van der Waals surface area contributed by atoms with Gasteiger partial charge in [-0.2, -0.15) is 5.10 Å². The molecule has 0 bridgehead atoms. The van der Waals surface area contributed by atoms with E-state index in [1.807, 2.05) is 43.3 Å². The number of nitrogens with one attached hydrogen (secondary N) is 1. The van der Waals surface area contributed by atoms with E-state index in [4.69, 9.17) is 16.3 Å². The number of rotatable bonds is 4. The number of hydrogen-bond donors (Lipinski definition) is 1. The maximum absolute atomic E-state index is 12.8. The van der Waals surface area contributed by atoms with Gasteiger partial charge in [0, 0.05) is 29.2 Å². The summed E-state index contributed by atoms with van der Waals surface area (Å²) in [5, 5.41) is 8.08. The number of hydrogen-bond acceptors (Lipinski definition) is 4. The van der Waals surface area contributed by atoms with Crippen molar-refractivity contribution in [1.82, 2.24) is 14.7 Å². The Kier molecular flexibility index (Phi) is 5.95. The third kappa shape index (κ3) is 4.41. The third-order valence-electron chi connectivity index (χ3n) is 5.19. The van der Waals surface area contributed by atoms with Gasteiger partial charge >= 0.3 is 12.0 Å². The molecule has 0 saturated carbocycles. The topological polar surface area (TPSA) is 76.5 Å². The van der Waals surface area contributed by atoms with Crippen LogP contribution in [0.5, 0.6) is 0 Å². The highest BCUT2D eigenvalue weighted by atomic mass is 35.5. The molecule has 2 amide bonds. The molecule has 0 spiro atoms. The van der Waals surface area contributed by atoms with Crippen molar-refractivity contribution in [3.8, 4) is 5.69 Å². The number of amides is 2. The molecule has 8 heteroatoms. The number of fused-ring (bicyclic) bond motifs is 1. The maximum Gasteiger partial charge on any atom is 0.359 e. The Morgan fingerprint density at radius 2 is 1.84 bits per heavy atom. The molecule has 0 saturated heterocycles. The molecule has 1 aliphatic heterocycles. The van der Waals surface area contributed by atoms with Gasteiger partial charge in [-0.15, -0.1) is 0 Å². The number of nitrogens with zero attached hydrogens (tertiary/aromatic N) is 3. The summed E-state index contributed by atoms with van der Waals surface area (Å²) >= 11 is 6.01. The van der Waals surface area contributed by atoms with Crippen LogP contribution in [0.15, 0.2) is 48.5 Å². The average Bonchev–Trinajstić information content (AvgIpc) is 3.15. The number of esters is 1. The highest BCUT2D eigenvalue weighted by molar-refractivity contribution is 6.30. The molecule has 2 aromatic carbocycles. The van der Waals surface area contributed by atoms with Gasteiger partial charge in [-0.1, -0.05) is 29.3 Å². The second-order valence-corrected chi connectivity index (χ2v) is 7.79. The van der Waals surface area contributed by atoms with Gasteiger partial charge in [0.25, 0.3) is 0 Å². The SMILES string of the molecule is CCOC(=O)c1nn(-c2ccc(Cl)cc2)c2c1CN(C(=O)Nc1ccc(C)cc1)CC2. The van der Waals surface area contributed by atoms with Crippen molar-refractivity contribution in [2.75, 3.05) is 18.5 Å². The fourth-order valence-corrected chi connectivity index (χ4v) is 3.72. The van der Waals surface area contributed by atoms with E-state index in [0.717, 1.165) is 22.6 Å². The summed E-state index contributed by atoms with van der Waals surface area (Å²) in [6.07, 6.45) is 0.561. The van der Waals surface area contributed by atoms with Crippen LogP contribution in [0.3, 0.4) is 0 Å². The summed E-state index contributed by atoms with van der Waals surface area (Å²) in [6, 6.07) is 14.7. The minimum absolute atomic E-state index is 0.219. The van der Waals surface area contributed by atoms with E-state index < -0.39 is 5.97 Å². The van der Waals surface area contributed by atoms with E-state index in [1.165, 1.54) is 0 Å². The van der Waals surface area contributed by atoms with Crippen molar-refractivity contribution in [2.45, 2.75) is 26.8 Å². The van der Waals surface area contributed by atoms with E-state index in [0.29, 0.717) is 23.6 Å². The molecule has 0 aliphatic carbocycles. The van der Waals surface area contributed by atoms with Gasteiger partial charge in [-0.05, 0) is 50.2 Å². The monoisotopic (exact) mass is 438 g/mol. The maximum atomic E-state index is 12.8. The normalized spacial score (nSPS) is 12.9. The van der Waals surface area contributed by atoms with Gasteiger partial charge in [-0.25, -0.2) is 14.3 Å². The lowest BCUT2D eigenvalue weighted by Crippen LogP contribution is -2.39. The van der Waals surface area contributed by atoms with Gasteiger partial charge in [0.1, 0.15) is 0 Å². The minimum atomic E-state index is -0.493. The first kappa shape index (κ1) is 20.9. The number of aryl methyl sites for hydroxylation is 1. The highest BCUT2D eigenvalue weighted by Gasteiger charge is 2.31. The number of benzene rings is 2. The molecule has 1 aliphatic rings. The van der Waals surface area contributed by atoms with Crippen molar-refractivity contribution in [1.29, 1.82) is 0 Å². The molecule has 1 N–H and O–H groups in total. The molecule has 2 heterocycles. The largest absolute Gasteiger partial charge is 0.461 e. The van der Waals surface area contributed by atoms with Gasteiger partial charge in [-0.3, -0.25) is 0 Å². The zero-order chi connectivity index (χ0) is 22.0. The first-order chi connectivity index (χ1) is 15.0. The number of anilines is 1. The van der Waals surface area contributed by atoms with E-state index >= 15 is 0 Å². The lowest BCUT2D eigenvalue weighted by molar-refractivity contribution is 0.0516. The number of halogens is 1. The summed E-state index contributed by atoms with van der Waals surface area (Å²) in [6.45, 7) is 4.77. The highest BCUT2D eigenvalue weighted by Crippen LogP contribution is 2.27. The summed E-state index contributed by atoms with van der Waals surface area (Å²) in [7, 11) is 0. The van der Waals surface area contributed by atoms with E-state index in [-0.39, 0.29) is 24.9 Å². The molecule has 7 nitrogen and oxygen atoms in total. The minimum Gasteiger partial charge on any atom is -0.461 e. The van der Waals surface area contributed by atoms with Gasteiger partial charge < -0.3 is 15.0 Å². The molecule has 31 heavy (non-hydrogen) atoms. The zero-order valence-corrected chi connectivity index (χ0v) is 18.1. The smallest absolute Gasteiger partial charge is 0.359 e. The predicted octanol–water partition coefficient (Wildman–Crippen LogP) is 4.60. The van der Waals surface area contributed by atoms with Crippen LogP contribution in [0.4, 0.5) is 10.5 Å². The Labute approximate surface area is 185 Å². The Morgan fingerprint density at radius 1 is 1.13 bits per heavy atom. The van der Waals surface area contributed by atoms with Crippen molar-refractivity contribution in [3.63, 3.8) is 0 Å². The Hall–Kier alpha value is -3.32. The predicted molar refractivity (Wildman–Crippen MR) is 119 cm³/mol. The molecule has 4 rings (SSSR count). The van der Waals surface area contributed by atoms with Gasteiger partial charge in [0.05, 0.1) is 24.5 Å². The van der Waals surface area contributed by atoms with Crippen LogP contribution in [0, 0.1) is 6.92 Å². The molecule has 0 unspecified atom stereocenters. The first-order valence-corrected chi connectivity index (χ1v) is 10.5. The summed E-state index contributed by atoms with van der Waals surface area (Å²) < 4.78 is 6.95. The van der Waals surface area contributed by atoms with Crippen LogP contribution in [0.25, 0.3) is 5.69 Å². The fourth-order valence-electron chi connectivity index (χ4n) is 3.59. The van der Waals surface area contributed by atoms with Crippen LogP contribution in [-0.4, -0.2) is 39.8 Å². The van der Waals surface area contributed by atoms with Gasteiger partial charge in [0.2, 0.25) is 0 Å². The standard InChI is InChI=1S/C23H23ClN4O3/c1-3-31-22(29)21-19-14-27(23(30)25-17-8-4-15(2)5-9-17)13-12-20(19)28(26-21)18-10-6-16(24)7-11-18/h4-11H,3,12-14H2,1-2H3,(H,25,30). The second-order valence-electron chi connectivity index (χ2n) is 7.35. The van der Waals surface area contributed by atoms with E-state index in [1.54, 1.807) is 28.6 Å². The van der Waals surface area contributed by atoms with E-state index in [2.05, 4.69) is 10.4 Å². The van der Waals surface area contributed by atoms with Crippen LogP contribution in [0.1, 0.15) is 34.2 Å². The summed E-state index contributed by atoms with van der Waals surface area (Å²) in [4.78, 5) is 27.1. The van der Waals surface area contributed by atoms with Crippen LogP contribution >= 0.6 is 11.6 Å². The molecular formula is C23H23ClN4O3. The molecule has 3 aromatic rings. The third-order valence-corrected chi connectivity index (χ3v) is 5.44. The van der Waals surface area contributed by atoms with Crippen molar-refractivity contribution in [2.24, 2.45) is 0 Å². The lowest BCUT2D eigenvalue weighted by Gasteiger charge is -2.28. The summed E-state index contributed by atoms with van der Waals surface area (Å²) in [5.41, 5.74) is 4.48. The van der Waals surface area contributed by atoms with Crippen LogP contribution in [-0.2, 0) is 17.7 Å². The molecule has 0 atom stereocenters. The second kappa shape index (κ2) is 8.81. The Bertz CT molecular complexity index is 1110. The quantitative estimate of drug-likeness (QED) is 0.604. The molecule has 0 fully saturated rings. The lowest BCUT2D eigenvalue weighted by atomic mass is 10.0. The number of urea groups is 1. The first-order valence-electron chi connectivity index (χ1n) is 10.1. The number of aromatic nitrogens is 2. The average molecular weight is 439 g/mol. The zero-order valence-electron chi connectivity index (χ0n) is 17.4. The number of ether oxygens (including phenoxy) is 1. The Morgan fingerprint density at radius 3 is 2.52 bits per heavy atom. The number of carbonyl (C=O) groups excluding carboxylic acids is 2. The Balaban J connectivity index is 1.63. The van der Waals surface area contributed by atoms with Crippen molar-refractivity contribution >= 4 is 29.3 Å². The van der Waals surface area contributed by atoms with Gasteiger partial charge in [0.15, 0.2) is 5.69 Å².